The van der Waals surface area contributed by atoms with E-state index in [0.717, 1.165) is 44.1 Å². The van der Waals surface area contributed by atoms with Crippen LogP contribution in [0.3, 0.4) is 0 Å². The van der Waals surface area contributed by atoms with Gasteiger partial charge in [0.15, 0.2) is 5.82 Å². The summed E-state index contributed by atoms with van der Waals surface area (Å²) in [5.41, 5.74) is 0.720. The van der Waals surface area contributed by atoms with E-state index in [1.165, 1.54) is 0 Å². The predicted octanol–water partition coefficient (Wildman–Crippen LogP) is 1.34. The average molecular weight is 297 g/mol. The Morgan fingerprint density at radius 3 is 2.95 bits per heavy atom. The highest BCUT2D eigenvalue weighted by Gasteiger charge is 2.30. The van der Waals surface area contributed by atoms with Gasteiger partial charge in [-0.1, -0.05) is 0 Å². The maximum atomic E-state index is 12.1. The van der Waals surface area contributed by atoms with Crippen LogP contribution in [0.4, 0.5) is 11.5 Å². The summed E-state index contributed by atoms with van der Waals surface area (Å²) >= 11 is 5.90. The molecule has 0 saturated carbocycles. The highest BCUT2D eigenvalue weighted by atomic mass is 35.5. The fourth-order valence-electron chi connectivity index (χ4n) is 2.69. The molecule has 0 radical (unpaired) electrons. The van der Waals surface area contributed by atoms with Gasteiger partial charge in [-0.2, -0.15) is 4.98 Å². The van der Waals surface area contributed by atoms with E-state index in [1.807, 2.05) is 4.90 Å². The van der Waals surface area contributed by atoms with Crippen LogP contribution in [0.15, 0.2) is 6.20 Å². The molecule has 0 unspecified atom stereocenters. The zero-order chi connectivity index (χ0) is 14.1. The number of carbonyl (C=O) groups is 1. The van der Waals surface area contributed by atoms with Crippen LogP contribution in [0.25, 0.3) is 0 Å². The first-order valence-corrected chi connectivity index (χ1v) is 7.14. The van der Waals surface area contributed by atoms with E-state index >= 15 is 0 Å². The molecule has 3 heterocycles. The standard InChI is InChI=1S/C13H17ClN4O2/c1-17-10-6-15-13(14)16-12(10)18(8-11(17)19)7-9-2-4-20-5-3-9/h6,9H,2-5,7-8H2,1H3. The Labute approximate surface area is 122 Å². The molecule has 0 bridgehead atoms. The number of aromatic nitrogens is 2. The van der Waals surface area contributed by atoms with Gasteiger partial charge in [-0.3, -0.25) is 4.79 Å². The lowest BCUT2D eigenvalue weighted by Gasteiger charge is -2.36. The normalized spacial score (nSPS) is 20.2. The molecule has 3 rings (SSSR count). The van der Waals surface area contributed by atoms with Crippen LogP contribution in [-0.2, 0) is 9.53 Å². The van der Waals surface area contributed by atoms with Gasteiger partial charge in [0, 0.05) is 26.8 Å². The van der Waals surface area contributed by atoms with Gasteiger partial charge in [-0.05, 0) is 30.4 Å². The smallest absolute Gasteiger partial charge is 0.246 e. The molecule has 2 aliphatic rings. The van der Waals surface area contributed by atoms with Gasteiger partial charge in [0.25, 0.3) is 0 Å². The minimum absolute atomic E-state index is 0.0514. The van der Waals surface area contributed by atoms with Crippen molar-refractivity contribution in [2.24, 2.45) is 5.92 Å². The number of nitrogens with zero attached hydrogens (tertiary/aromatic N) is 4. The van der Waals surface area contributed by atoms with E-state index in [1.54, 1.807) is 18.1 Å². The summed E-state index contributed by atoms with van der Waals surface area (Å²) in [7, 11) is 1.74. The van der Waals surface area contributed by atoms with Crippen LogP contribution in [-0.4, -0.2) is 49.2 Å². The van der Waals surface area contributed by atoms with Crippen LogP contribution >= 0.6 is 11.6 Å². The van der Waals surface area contributed by atoms with Gasteiger partial charge in [0.2, 0.25) is 11.2 Å². The van der Waals surface area contributed by atoms with Crippen LogP contribution in [0.2, 0.25) is 5.28 Å². The molecule has 1 amide bonds. The number of anilines is 2. The lowest BCUT2D eigenvalue weighted by atomic mass is 9.99. The molecule has 1 aromatic heterocycles. The number of rotatable bonds is 2. The number of halogens is 1. The van der Waals surface area contributed by atoms with Crippen LogP contribution in [0.5, 0.6) is 0 Å². The number of amides is 1. The molecule has 6 nitrogen and oxygen atoms in total. The van der Waals surface area contributed by atoms with Gasteiger partial charge in [-0.25, -0.2) is 4.98 Å². The van der Waals surface area contributed by atoms with E-state index in [9.17, 15) is 4.79 Å². The quantitative estimate of drug-likeness (QED) is 0.771. The van der Waals surface area contributed by atoms with Crippen LogP contribution in [0.1, 0.15) is 12.8 Å². The molecule has 1 aromatic rings. The second-order valence-electron chi connectivity index (χ2n) is 5.24. The molecule has 1 fully saturated rings. The number of likely N-dealkylation sites (N-methyl/N-ethyl adjacent to an activating group) is 1. The van der Waals surface area contributed by atoms with Crippen molar-refractivity contribution in [3.05, 3.63) is 11.5 Å². The zero-order valence-corrected chi connectivity index (χ0v) is 12.1. The van der Waals surface area contributed by atoms with E-state index in [-0.39, 0.29) is 11.2 Å². The topological polar surface area (TPSA) is 58.6 Å². The first-order valence-electron chi connectivity index (χ1n) is 6.77. The summed E-state index contributed by atoms with van der Waals surface area (Å²) in [5, 5.41) is 0.212. The molecule has 108 valence electrons. The van der Waals surface area contributed by atoms with Crippen molar-refractivity contribution in [2.75, 3.05) is 43.2 Å². The Morgan fingerprint density at radius 1 is 1.45 bits per heavy atom. The molecular formula is C13H17ClN4O2. The molecule has 0 N–H and O–H groups in total. The number of hydrogen-bond donors (Lipinski definition) is 0. The van der Waals surface area contributed by atoms with Crippen molar-refractivity contribution in [3.63, 3.8) is 0 Å². The minimum Gasteiger partial charge on any atom is -0.381 e. The predicted molar refractivity (Wildman–Crippen MR) is 76.2 cm³/mol. The number of fused-ring (bicyclic) bond motifs is 1. The van der Waals surface area contributed by atoms with Crippen molar-refractivity contribution in [1.82, 2.24) is 9.97 Å². The zero-order valence-electron chi connectivity index (χ0n) is 11.4. The summed E-state index contributed by atoms with van der Waals surface area (Å²) in [4.78, 5) is 23.9. The largest absolute Gasteiger partial charge is 0.381 e. The SMILES string of the molecule is CN1C(=O)CN(CC2CCOCC2)c2nc(Cl)ncc21. The lowest BCUT2D eigenvalue weighted by Crippen LogP contribution is -2.46. The number of hydrogen-bond acceptors (Lipinski definition) is 5. The number of ether oxygens (including phenoxy) is 1. The molecular weight excluding hydrogens is 280 g/mol. The molecule has 0 atom stereocenters. The molecule has 0 aromatic carbocycles. The Morgan fingerprint density at radius 2 is 2.20 bits per heavy atom. The highest BCUT2D eigenvalue weighted by molar-refractivity contribution is 6.28. The Kier molecular flexibility index (Phi) is 3.76. The fraction of sp³-hybridized carbons (Fsp3) is 0.615. The fourth-order valence-corrected chi connectivity index (χ4v) is 2.81. The Bertz CT molecular complexity index is 519. The molecule has 1 saturated heterocycles. The molecule has 0 spiro atoms. The van der Waals surface area contributed by atoms with Gasteiger partial charge < -0.3 is 14.5 Å². The van der Waals surface area contributed by atoms with Crippen molar-refractivity contribution in [1.29, 1.82) is 0 Å². The van der Waals surface area contributed by atoms with Crippen LogP contribution in [0, 0.1) is 5.92 Å². The monoisotopic (exact) mass is 296 g/mol. The van der Waals surface area contributed by atoms with E-state index in [2.05, 4.69) is 9.97 Å². The maximum absolute atomic E-state index is 12.1. The van der Waals surface area contributed by atoms with Gasteiger partial charge in [0.05, 0.1) is 12.7 Å². The van der Waals surface area contributed by atoms with Gasteiger partial charge in [0.1, 0.15) is 5.69 Å². The Hall–Kier alpha value is -1.40. The highest BCUT2D eigenvalue weighted by Crippen LogP contribution is 2.32. The maximum Gasteiger partial charge on any atom is 0.246 e. The van der Waals surface area contributed by atoms with Crippen molar-refractivity contribution >= 4 is 29.0 Å². The third kappa shape index (κ3) is 2.58. The molecule has 2 aliphatic heterocycles. The first-order chi connectivity index (χ1) is 9.65. The van der Waals surface area contributed by atoms with Crippen molar-refractivity contribution in [2.45, 2.75) is 12.8 Å². The van der Waals surface area contributed by atoms with Crippen molar-refractivity contribution in [3.8, 4) is 0 Å². The average Bonchev–Trinajstić information content (AvgIpc) is 2.45. The van der Waals surface area contributed by atoms with Gasteiger partial charge in [-0.15, -0.1) is 0 Å². The van der Waals surface area contributed by atoms with Crippen molar-refractivity contribution < 1.29 is 9.53 Å². The summed E-state index contributed by atoms with van der Waals surface area (Å²) in [6.45, 7) is 2.74. The summed E-state index contributed by atoms with van der Waals surface area (Å²) < 4.78 is 5.38. The molecule has 7 heteroatoms. The second-order valence-corrected chi connectivity index (χ2v) is 5.57. The molecule has 0 aliphatic carbocycles. The summed E-state index contributed by atoms with van der Waals surface area (Å²) in [6.07, 6.45) is 3.65. The first kappa shape index (κ1) is 13.6. The number of carbonyl (C=O) groups excluding carboxylic acids is 1. The van der Waals surface area contributed by atoms with E-state index in [0.29, 0.717) is 12.5 Å². The second kappa shape index (κ2) is 5.54. The summed E-state index contributed by atoms with van der Waals surface area (Å²) in [6, 6.07) is 0. The minimum atomic E-state index is 0.0514. The Balaban J connectivity index is 1.86. The van der Waals surface area contributed by atoms with E-state index in [4.69, 9.17) is 16.3 Å². The van der Waals surface area contributed by atoms with Gasteiger partial charge >= 0.3 is 0 Å². The molecule has 20 heavy (non-hydrogen) atoms. The summed E-state index contributed by atoms with van der Waals surface area (Å²) in [5.74, 6) is 1.33. The third-order valence-corrected chi connectivity index (χ3v) is 4.08. The lowest BCUT2D eigenvalue weighted by molar-refractivity contribution is -0.117. The van der Waals surface area contributed by atoms with Crippen LogP contribution < -0.4 is 9.80 Å². The van der Waals surface area contributed by atoms with E-state index < -0.39 is 0 Å². The third-order valence-electron chi connectivity index (χ3n) is 3.90.